The highest BCUT2D eigenvalue weighted by Gasteiger charge is 2.72. The molecule has 1 unspecified atom stereocenters. The Kier molecular flexibility index (Phi) is 9.91. The van der Waals surface area contributed by atoms with Crippen LogP contribution in [-0.2, 0) is 14.3 Å². The van der Waals surface area contributed by atoms with E-state index in [1.165, 1.54) is 5.57 Å². The highest BCUT2D eigenvalue weighted by atomic mass is 16.5. The molecule has 51 heavy (non-hydrogen) atoms. The number of aromatic nitrogens is 4. The van der Waals surface area contributed by atoms with E-state index in [1.54, 1.807) is 4.80 Å². The number of rotatable bonds is 11. The van der Waals surface area contributed by atoms with Gasteiger partial charge < -0.3 is 20.3 Å². The van der Waals surface area contributed by atoms with Crippen LogP contribution < -0.4 is 5.73 Å². The van der Waals surface area contributed by atoms with Gasteiger partial charge in [0.05, 0.1) is 31.8 Å². The fourth-order valence-corrected chi connectivity index (χ4v) is 13.1. The van der Waals surface area contributed by atoms with E-state index in [0.29, 0.717) is 43.5 Å². The maximum atomic E-state index is 13.5. The number of nitrogen functional groups attached to an aromatic ring is 1. The number of aliphatic carboxylic acids is 1. The standard InChI is InChI=1S/C41H70N6O4/c1-13-20-46(12)40(11,26(4)5)23-51-33-30(47-44-35(42)43-45-47)21-41-24-50-22-37(33,8)31(41)15-14-28-29(41)16-17-39(10)32(34(48)49)36(7,27(6)25(2)3)18-19-38(28,39)9/h16,25-28,30-33H,13-15,17-24H2,1-12H3,(H2,42,44)(H,48,49)/t27-,28+,30-,31+,32-,33+,36-,37+,38-,39+,40+,41?/m1/s1. The molecule has 10 nitrogen and oxygen atoms in total. The SMILES string of the molecule is CCCN(C)[C@@](C)(CO[C@H]1[C@H](n2nnc(N)n2)CC23COC[C@@]1(C)[C@@H]2CC[C@H]1C3=CC[C@@]2(C)[C@H](C(=O)O)[C@@](C)([C@H](C)C(C)C)CC[C@]12C)C(C)C. The zero-order chi connectivity index (χ0) is 37.5. The number of fused-ring (bicyclic) bond motifs is 3. The maximum absolute atomic E-state index is 13.5. The summed E-state index contributed by atoms with van der Waals surface area (Å²) in [5, 5.41) is 24.4. The topological polar surface area (TPSA) is 129 Å². The molecule has 2 bridgehead atoms. The third kappa shape index (κ3) is 5.48. The molecule has 0 radical (unpaired) electrons. The van der Waals surface area contributed by atoms with Crippen molar-refractivity contribution < 1.29 is 19.4 Å². The number of nitrogens with zero attached hydrogens (tertiary/aromatic N) is 5. The monoisotopic (exact) mass is 711 g/mol. The predicted octanol–water partition coefficient (Wildman–Crippen LogP) is 7.53. The lowest BCUT2D eigenvalue weighted by Crippen LogP contribution is -2.69. The Hall–Kier alpha value is -2.04. The van der Waals surface area contributed by atoms with E-state index < -0.39 is 11.9 Å². The van der Waals surface area contributed by atoms with Crippen molar-refractivity contribution >= 4 is 11.9 Å². The third-order valence-corrected chi connectivity index (χ3v) is 17.1. The molecular weight excluding hydrogens is 640 g/mol. The first kappa shape index (κ1) is 38.7. The largest absolute Gasteiger partial charge is 0.481 e. The average molecular weight is 711 g/mol. The van der Waals surface area contributed by atoms with Gasteiger partial charge in [-0.15, -0.1) is 5.10 Å². The zero-order valence-corrected chi connectivity index (χ0v) is 34.0. The van der Waals surface area contributed by atoms with E-state index in [2.05, 4.69) is 110 Å². The number of likely N-dealkylation sites (N-methyl/N-ethyl adjacent to an activating group) is 1. The second-order valence-corrected chi connectivity index (χ2v) is 19.8. The van der Waals surface area contributed by atoms with Crippen molar-refractivity contribution in [2.75, 3.05) is 39.1 Å². The molecule has 5 aliphatic rings. The lowest BCUT2D eigenvalue weighted by Gasteiger charge is -2.71. The lowest BCUT2D eigenvalue weighted by atomic mass is 9.34. The highest BCUT2D eigenvalue weighted by molar-refractivity contribution is 5.73. The van der Waals surface area contributed by atoms with Crippen molar-refractivity contribution in [3.8, 4) is 0 Å². The van der Waals surface area contributed by atoms with Crippen molar-refractivity contribution in [3.63, 3.8) is 0 Å². The summed E-state index contributed by atoms with van der Waals surface area (Å²) < 4.78 is 14.0. The molecule has 3 N–H and O–H groups in total. The Balaban J connectivity index is 1.43. The van der Waals surface area contributed by atoms with E-state index in [9.17, 15) is 9.90 Å². The third-order valence-electron chi connectivity index (χ3n) is 17.1. The predicted molar refractivity (Wildman–Crippen MR) is 201 cm³/mol. The summed E-state index contributed by atoms with van der Waals surface area (Å²) in [6.45, 7) is 28.3. The van der Waals surface area contributed by atoms with Crippen LogP contribution in [0.5, 0.6) is 0 Å². The van der Waals surface area contributed by atoms with Crippen LogP contribution in [-0.4, -0.2) is 81.2 Å². The minimum atomic E-state index is -0.624. The van der Waals surface area contributed by atoms with Crippen LogP contribution in [0.15, 0.2) is 11.6 Å². The van der Waals surface area contributed by atoms with Gasteiger partial charge in [0.15, 0.2) is 0 Å². The van der Waals surface area contributed by atoms with Crippen molar-refractivity contribution in [2.45, 2.75) is 139 Å². The van der Waals surface area contributed by atoms with Crippen LogP contribution in [0.4, 0.5) is 5.95 Å². The molecule has 1 aromatic heterocycles. The number of carboxylic acid groups (broad SMARTS) is 1. The molecule has 6 rings (SSSR count). The summed E-state index contributed by atoms with van der Waals surface area (Å²) >= 11 is 0. The number of hydrogen-bond donors (Lipinski definition) is 2. The van der Waals surface area contributed by atoms with E-state index in [-0.39, 0.29) is 56.6 Å². The molecule has 1 saturated heterocycles. The minimum absolute atomic E-state index is 0.147. The molecule has 10 heteroatoms. The molecule has 4 fully saturated rings. The Morgan fingerprint density at radius 1 is 1.14 bits per heavy atom. The highest BCUT2D eigenvalue weighted by Crippen LogP contribution is 2.75. The number of carboxylic acids is 1. The van der Waals surface area contributed by atoms with Crippen molar-refractivity contribution in [2.24, 2.45) is 62.6 Å². The van der Waals surface area contributed by atoms with Crippen molar-refractivity contribution in [1.29, 1.82) is 0 Å². The van der Waals surface area contributed by atoms with Crippen LogP contribution in [0.2, 0.25) is 0 Å². The first-order valence-corrected chi connectivity index (χ1v) is 20.2. The Morgan fingerprint density at radius 2 is 1.84 bits per heavy atom. The normalized spacial score (nSPS) is 42.5. The number of hydrogen-bond acceptors (Lipinski definition) is 8. The molecule has 0 aromatic carbocycles. The molecule has 2 heterocycles. The summed E-state index contributed by atoms with van der Waals surface area (Å²) in [4.78, 5) is 17.7. The number of nitrogens with two attached hydrogens (primary N) is 1. The number of allylic oxidation sites excluding steroid dienone is 1. The van der Waals surface area contributed by atoms with Gasteiger partial charge in [-0.1, -0.05) is 86.0 Å². The smallest absolute Gasteiger partial charge is 0.307 e. The number of ether oxygens (including phenoxy) is 2. The van der Waals surface area contributed by atoms with Gasteiger partial charge in [-0.25, -0.2) is 0 Å². The molecular formula is C41H70N6O4. The van der Waals surface area contributed by atoms with Gasteiger partial charge in [-0.2, -0.15) is 4.80 Å². The molecule has 1 aromatic rings. The van der Waals surface area contributed by atoms with Gasteiger partial charge in [0.25, 0.3) is 5.95 Å². The van der Waals surface area contributed by atoms with Crippen molar-refractivity contribution in [3.05, 3.63) is 11.6 Å². The van der Waals surface area contributed by atoms with Gasteiger partial charge in [0.1, 0.15) is 6.04 Å². The van der Waals surface area contributed by atoms with Crippen LogP contribution in [0.1, 0.15) is 127 Å². The van der Waals surface area contributed by atoms with Crippen LogP contribution in [0.3, 0.4) is 0 Å². The minimum Gasteiger partial charge on any atom is -0.481 e. The quantitative estimate of drug-likeness (QED) is 0.224. The molecule has 0 spiro atoms. The molecule has 1 aliphatic heterocycles. The van der Waals surface area contributed by atoms with Gasteiger partial charge >= 0.3 is 5.97 Å². The van der Waals surface area contributed by atoms with Gasteiger partial charge in [0.2, 0.25) is 0 Å². The second kappa shape index (κ2) is 13.1. The Labute approximate surface area is 308 Å². The van der Waals surface area contributed by atoms with Crippen LogP contribution in [0.25, 0.3) is 0 Å². The summed E-state index contributed by atoms with van der Waals surface area (Å²) in [6.07, 6.45) is 9.07. The van der Waals surface area contributed by atoms with E-state index >= 15 is 0 Å². The molecule has 288 valence electrons. The van der Waals surface area contributed by atoms with E-state index in [0.717, 1.165) is 51.5 Å². The van der Waals surface area contributed by atoms with Crippen LogP contribution >= 0.6 is 0 Å². The average Bonchev–Trinajstić information content (AvgIpc) is 3.49. The lowest BCUT2D eigenvalue weighted by molar-refractivity contribution is -0.256. The summed E-state index contributed by atoms with van der Waals surface area (Å²) in [5.41, 5.74) is 6.20. The Morgan fingerprint density at radius 3 is 2.43 bits per heavy atom. The summed E-state index contributed by atoms with van der Waals surface area (Å²) in [7, 11) is 2.22. The maximum Gasteiger partial charge on any atom is 0.307 e. The molecule has 4 aliphatic carbocycles. The van der Waals surface area contributed by atoms with E-state index in [4.69, 9.17) is 15.2 Å². The van der Waals surface area contributed by atoms with Crippen LogP contribution in [0, 0.1) is 62.6 Å². The first-order valence-electron chi connectivity index (χ1n) is 20.2. The van der Waals surface area contributed by atoms with E-state index in [1.807, 2.05) is 0 Å². The molecule has 3 saturated carbocycles. The zero-order valence-electron chi connectivity index (χ0n) is 34.0. The number of tetrazole rings is 1. The summed E-state index contributed by atoms with van der Waals surface area (Å²) in [6, 6.07) is -0.165. The fourth-order valence-electron chi connectivity index (χ4n) is 13.1. The van der Waals surface area contributed by atoms with Crippen molar-refractivity contribution in [1.82, 2.24) is 25.1 Å². The van der Waals surface area contributed by atoms with Gasteiger partial charge in [0, 0.05) is 16.4 Å². The van der Waals surface area contributed by atoms with Gasteiger partial charge in [-0.3, -0.25) is 9.69 Å². The second-order valence-electron chi connectivity index (χ2n) is 19.8. The first-order chi connectivity index (χ1) is 23.8. The fraction of sp³-hybridized carbons (Fsp3) is 0.902. The number of carbonyl (C=O) groups is 1. The summed E-state index contributed by atoms with van der Waals surface area (Å²) in [5.74, 6) is 0.910. The molecule has 12 atom stereocenters. The van der Waals surface area contributed by atoms with Gasteiger partial charge in [-0.05, 0) is 117 Å². The number of anilines is 1. The molecule has 0 amide bonds. The Bertz CT molecular complexity index is 1500.